The van der Waals surface area contributed by atoms with Crippen LogP contribution >= 0.6 is 11.6 Å². The number of aliphatic imine (C=N–C) groups is 1. The molecule has 1 unspecified atom stereocenters. The SMILES string of the molecule is CCNC(=NCc1ccccc1-n1ccnc1)NC1CCN(c2ncccc2Cl)C1. The van der Waals surface area contributed by atoms with Gasteiger partial charge in [-0.2, -0.15) is 0 Å². The molecule has 8 heteroatoms. The van der Waals surface area contributed by atoms with Crippen LogP contribution in [0.25, 0.3) is 5.69 Å². The molecule has 1 aromatic carbocycles. The van der Waals surface area contributed by atoms with E-state index in [-0.39, 0.29) is 6.04 Å². The van der Waals surface area contributed by atoms with Gasteiger partial charge in [-0.1, -0.05) is 29.8 Å². The van der Waals surface area contributed by atoms with E-state index >= 15 is 0 Å². The molecule has 0 spiro atoms. The van der Waals surface area contributed by atoms with E-state index in [1.54, 1.807) is 12.4 Å². The van der Waals surface area contributed by atoms with Crippen molar-refractivity contribution in [3.63, 3.8) is 0 Å². The molecule has 1 fully saturated rings. The Hall–Kier alpha value is -3.06. The monoisotopic (exact) mass is 423 g/mol. The number of pyridine rings is 1. The second-order valence-corrected chi connectivity index (χ2v) is 7.59. The summed E-state index contributed by atoms with van der Waals surface area (Å²) in [5, 5.41) is 7.62. The molecular formula is C22H26ClN7. The molecule has 0 aliphatic carbocycles. The zero-order valence-electron chi connectivity index (χ0n) is 17.0. The molecule has 4 rings (SSSR count). The highest BCUT2D eigenvalue weighted by Crippen LogP contribution is 2.25. The molecule has 1 atom stereocenters. The standard InChI is InChI=1S/C22H26ClN7/c1-2-25-22(27-14-17-6-3-4-8-20(17)30-13-11-24-16-30)28-18-9-12-29(15-18)21-19(23)7-5-10-26-21/h3-8,10-11,13,16,18H,2,9,12,14-15H2,1H3,(H2,25,27,28). The largest absolute Gasteiger partial charge is 0.357 e. The summed E-state index contributed by atoms with van der Waals surface area (Å²) in [7, 11) is 0. The van der Waals surface area contributed by atoms with Gasteiger partial charge < -0.3 is 20.1 Å². The zero-order chi connectivity index (χ0) is 20.8. The highest BCUT2D eigenvalue weighted by molar-refractivity contribution is 6.32. The Morgan fingerprint density at radius 2 is 2.13 bits per heavy atom. The predicted molar refractivity (Wildman–Crippen MR) is 121 cm³/mol. The maximum Gasteiger partial charge on any atom is 0.191 e. The Kier molecular flexibility index (Phi) is 6.49. The fraction of sp³-hybridized carbons (Fsp3) is 0.318. The smallest absolute Gasteiger partial charge is 0.191 e. The summed E-state index contributed by atoms with van der Waals surface area (Å²) in [6.45, 7) is 5.21. The molecule has 0 saturated carbocycles. The number of nitrogens with one attached hydrogen (secondary N) is 2. The minimum Gasteiger partial charge on any atom is -0.357 e. The second-order valence-electron chi connectivity index (χ2n) is 7.18. The van der Waals surface area contributed by atoms with Crippen LogP contribution in [0, 0.1) is 0 Å². The lowest BCUT2D eigenvalue weighted by Crippen LogP contribution is -2.44. The Balaban J connectivity index is 1.44. The molecule has 2 N–H and O–H groups in total. The van der Waals surface area contributed by atoms with Crippen molar-refractivity contribution in [2.45, 2.75) is 25.9 Å². The van der Waals surface area contributed by atoms with Gasteiger partial charge in [0.25, 0.3) is 0 Å². The first kappa shape index (κ1) is 20.2. The number of guanidine groups is 1. The van der Waals surface area contributed by atoms with Crippen LogP contribution in [-0.2, 0) is 6.54 Å². The number of rotatable bonds is 6. The summed E-state index contributed by atoms with van der Waals surface area (Å²) >= 11 is 6.32. The number of aromatic nitrogens is 3. The van der Waals surface area contributed by atoms with Crippen molar-refractivity contribution in [1.82, 2.24) is 25.2 Å². The average molecular weight is 424 g/mol. The van der Waals surface area contributed by atoms with E-state index < -0.39 is 0 Å². The molecule has 1 saturated heterocycles. The van der Waals surface area contributed by atoms with E-state index in [1.807, 2.05) is 41.4 Å². The highest BCUT2D eigenvalue weighted by Gasteiger charge is 2.25. The number of imidazole rings is 1. The van der Waals surface area contributed by atoms with Crippen LogP contribution in [0.5, 0.6) is 0 Å². The van der Waals surface area contributed by atoms with Crippen molar-refractivity contribution in [2.75, 3.05) is 24.5 Å². The normalized spacial score (nSPS) is 16.7. The third-order valence-electron chi connectivity index (χ3n) is 5.09. The van der Waals surface area contributed by atoms with Gasteiger partial charge in [-0.15, -0.1) is 0 Å². The van der Waals surface area contributed by atoms with Crippen molar-refractivity contribution < 1.29 is 0 Å². The fourth-order valence-electron chi connectivity index (χ4n) is 3.66. The molecule has 3 heterocycles. The summed E-state index contributed by atoms with van der Waals surface area (Å²) in [6.07, 6.45) is 8.32. The van der Waals surface area contributed by atoms with E-state index in [2.05, 4.69) is 44.6 Å². The van der Waals surface area contributed by atoms with E-state index in [4.69, 9.17) is 16.6 Å². The fourth-order valence-corrected chi connectivity index (χ4v) is 3.90. The number of hydrogen-bond donors (Lipinski definition) is 2. The van der Waals surface area contributed by atoms with Crippen molar-refractivity contribution in [2.24, 2.45) is 4.99 Å². The Morgan fingerprint density at radius 3 is 2.93 bits per heavy atom. The lowest BCUT2D eigenvalue weighted by atomic mass is 10.2. The molecular weight excluding hydrogens is 398 g/mol. The van der Waals surface area contributed by atoms with Gasteiger partial charge in [-0.25, -0.2) is 15.0 Å². The number of para-hydroxylation sites is 1. The van der Waals surface area contributed by atoms with E-state index in [0.29, 0.717) is 11.6 Å². The van der Waals surface area contributed by atoms with Gasteiger partial charge >= 0.3 is 0 Å². The Labute approximate surface area is 181 Å². The van der Waals surface area contributed by atoms with E-state index in [0.717, 1.165) is 49.1 Å². The van der Waals surface area contributed by atoms with Gasteiger partial charge in [0.05, 0.1) is 23.6 Å². The van der Waals surface area contributed by atoms with Gasteiger partial charge in [0, 0.05) is 44.3 Å². The molecule has 0 amide bonds. The van der Waals surface area contributed by atoms with Gasteiger partial charge in [0.15, 0.2) is 5.96 Å². The van der Waals surface area contributed by atoms with Crippen LogP contribution in [0.1, 0.15) is 18.9 Å². The molecule has 2 aromatic heterocycles. The van der Waals surface area contributed by atoms with E-state index in [9.17, 15) is 0 Å². The zero-order valence-corrected chi connectivity index (χ0v) is 17.8. The van der Waals surface area contributed by atoms with Crippen LogP contribution in [0.3, 0.4) is 0 Å². The van der Waals surface area contributed by atoms with Gasteiger partial charge in [0.1, 0.15) is 5.82 Å². The molecule has 0 bridgehead atoms. The molecule has 156 valence electrons. The average Bonchev–Trinajstić information content (AvgIpc) is 3.45. The van der Waals surface area contributed by atoms with Gasteiger partial charge in [-0.3, -0.25) is 0 Å². The van der Waals surface area contributed by atoms with Crippen LogP contribution in [-0.4, -0.2) is 46.2 Å². The molecule has 30 heavy (non-hydrogen) atoms. The Bertz CT molecular complexity index is 987. The topological polar surface area (TPSA) is 70.4 Å². The van der Waals surface area contributed by atoms with Crippen molar-refractivity contribution in [3.05, 3.63) is 71.9 Å². The lowest BCUT2D eigenvalue weighted by Gasteiger charge is -2.20. The van der Waals surface area contributed by atoms with E-state index in [1.165, 1.54) is 0 Å². The molecule has 1 aliphatic rings. The van der Waals surface area contributed by atoms with Crippen molar-refractivity contribution in [3.8, 4) is 5.69 Å². The molecule has 7 nitrogen and oxygen atoms in total. The first-order chi connectivity index (χ1) is 14.7. The van der Waals surface area contributed by atoms with Crippen molar-refractivity contribution >= 4 is 23.4 Å². The predicted octanol–water partition coefficient (Wildman–Crippen LogP) is 3.25. The maximum atomic E-state index is 6.32. The third kappa shape index (κ3) is 4.74. The number of benzene rings is 1. The summed E-state index contributed by atoms with van der Waals surface area (Å²) in [5.41, 5.74) is 2.23. The van der Waals surface area contributed by atoms with Crippen LogP contribution in [0.2, 0.25) is 5.02 Å². The van der Waals surface area contributed by atoms with Crippen LogP contribution < -0.4 is 15.5 Å². The molecule has 0 radical (unpaired) electrons. The minimum absolute atomic E-state index is 0.282. The number of nitrogens with zero attached hydrogens (tertiary/aromatic N) is 5. The summed E-state index contributed by atoms with van der Waals surface area (Å²) in [6, 6.07) is 12.3. The Morgan fingerprint density at radius 1 is 1.23 bits per heavy atom. The van der Waals surface area contributed by atoms with Crippen LogP contribution in [0.4, 0.5) is 5.82 Å². The molecule has 3 aromatic rings. The second kappa shape index (κ2) is 9.63. The van der Waals surface area contributed by atoms with Crippen molar-refractivity contribution in [1.29, 1.82) is 0 Å². The maximum absolute atomic E-state index is 6.32. The van der Waals surface area contributed by atoms with Gasteiger partial charge in [0.2, 0.25) is 0 Å². The highest BCUT2D eigenvalue weighted by atomic mass is 35.5. The first-order valence-electron chi connectivity index (χ1n) is 10.2. The lowest BCUT2D eigenvalue weighted by molar-refractivity contribution is 0.648. The summed E-state index contributed by atoms with van der Waals surface area (Å²) < 4.78 is 2.01. The third-order valence-corrected chi connectivity index (χ3v) is 5.39. The first-order valence-corrected chi connectivity index (χ1v) is 10.6. The molecule has 1 aliphatic heterocycles. The number of hydrogen-bond acceptors (Lipinski definition) is 4. The number of anilines is 1. The number of halogens is 1. The quantitative estimate of drug-likeness (QED) is 0.470. The summed E-state index contributed by atoms with van der Waals surface area (Å²) in [4.78, 5) is 15.6. The minimum atomic E-state index is 0.282. The summed E-state index contributed by atoms with van der Waals surface area (Å²) in [5.74, 6) is 1.66. The van der Waals surface area contributed by atoms with Gasteiger partial charge in [-0.05, 0) is 37.1 Å². The van der Waals surface area contributed by atoms with Crippen LogP contribution in [0.15, 0.2) is 66.3 Å².